The van der Waals surface area contributed by atoms with E-state index in [9.17, 15) is 0 Å². The summed E-state index contributed by atoms with van der Waals surface area (Å²) in [6.45, 7) is 10.4. The molecule has 3 saturated heterocycles. The highest BCUT2D eigenvalue weighted by atomic mass is 31.1. The quantitative estimate of drug-likeness (QED) is 0.150. The summed E-state index contributed by atoms with van der Waals surface area (Å²) in [6.07, 6.45) is 5.65. The Morgan fingerprint density at radius 3 is 1.98 bits per heavy atom. The molecule has 8 nitrogen and oxygen atoms in total. The Labute approximate surface area is 253 Å². The summed E-state index contributed by atoms with van der Waals surface area (Å²) in [5.74, 6) is 0.502. The highest BCUT2D eigenvalue weighted by molar-refractivity contribution is 7.38. The molecule has 6 atom stereocenters. The number of ether oxygens (including phenoxy) is 5. The number of hydrogen-bond acceptors (Lipinski definition) is 8. The zero-order valence-electron chi connectivity index (χ0n) is 24.8. The maximum Gasteiger partial charge on any atom is 0.0884 e. The van der Waals surface area contributed by atoms with Crippen LogP contribution in [0.1, 0.15) is 36.3 Å². The van der Waals surface area contributed by atoms with Gasteiger partial charge in [-0.15, -0.1) is 15.2 Å². The van der Waals surface area contributed by atoms with Crippen LogP contribution in [0.4, 0.5) is 0 Å². The first-order chi connectivity index (χ1) is 20.8. The van der Waals surface area contributed by atoms with E-state index >= 15 is 0 Å². The predicted octanol–water partition coefficient (Wildman–Crippen LogP) is 4.31. The molecular weight excluding hydrogens is 549 g/mol. The van der Waals surface area contributed by atoms with Crippen molar-refractivity contribution in [3.05, 3.63) is 84.4 Å². The molecule has 42 heavy (non-hydrogen) atoms. The minimum absolute atomic E-state index is 0.112. The van der Waals surface area contributed by atoms with Crippen molar-refractivity contribution in [3.8, 4) is 0 Å². The number of rotatable bonds is 18. The van der Waals surface area contributed by atoms with Crippen LogP contribution in [-0.2, 0) is 23.7 Å². The molecule has 3 heterocycles. The van der Waals surface area contributed by atoms with E-state index in [1.807, 2.05) is 0 Å². The second-order valence-corrected chi connectivity index (χ2v) is 12.9. The second kappa shape index (κ2) is 17.0. The van der Waals surface area contributed by atoms with E-state index in [1.165, 1.54) is 23.7 Å². The van der Waals surface area contributed by atoms with E-state index in [1.54, 1.807) is 6.08 Å². The Balaban J connectivity index is 1.09. The smallest absolute Gasteiger partial charge is 0.0884 e. The lowest BCUT2D eigenvalue weighted by molar-refractivity contribution is -0.0229. The van der Waals surface area contributed by atoms with Crippen LogP contribution < -0.4 is 10.6 Å². The number of fused-ring (bicyclic) bond motifs is 1. The van der Waals surface area contributed by atoms with E-state index in [4.69, 9.17) is 23.7 Å². The molecule has 2 aromatic rings. The van der Waals surface area contributed by atoms with Gasteiger partial charge in [0.1, 0.15) is 0 Å². The molecule has 0 spiro atoms. The lowest BCUT2D eigenvalue weighted by Crippen LogP contribution is -2.42. The molecule has 2 N–H and O–H groups in total. The van der Waals surface area contributed by atoms with Gasteiger partial charge in [0.2, 0.25) is 0 Å². The minimum atomic E-state index is 0.112. The first-order valence-corrected chi connectivity index (χ1v) is 16.7. The Kier molecular flexibility index (Phi) is 12.8. The van der Waals surface area contributed by atoms with E-state index < -0.39 is 0 Å². The first kappa shape index (κ1) is 31.7. The van der Waals surface area contributed by atoms with Gasteiger partial charge in [-0.25, -0.2) is 0 Å². The van der Waals surface area contributed by atoms with Crippen molar-refractivity contribution in [2.24, 2.45) is 5.41 Å². The monoisotopic (exact) mass is 597 g/mol. The van der Waals surface area contributed by atoms with Crippen LogP contribution in [0.25, 0.3) is 0 Å². The Morgan fingerprint density at radius 2 is 1.36 bits per heavy atom. The summed E-state index contributed by atoms with van der Waals surface area (Å²) >= 11 is 0. The summed E-state index contributed by atoms with van der Waals surface area (Å²) in [5, 5.41) is 8.06. The zero-order valence-corrected chi connectivity index (χ0v) is 25.8. The van der Waals surface area contributed by atoms with Crippen molar-refractivity contribution in [2.75, 3.05) is 78.8 Å². The molecule has 0 amide bonds. The largest absolute Gasteiger partial charge is 0.378 e. The Bertz CT molecular complexity index is 1050. The normalized spacial score (nSPS) is 28.0. The van der Waals surface area contributed by atoms with Crippen LogP contribution in [0.3, 0.4) is 0 Å². The number of hydrogen-bond donors (Lipinski definition) is 2. The average Bonchev–Trinajstić information content (AvgIpc) is 3.16. The van der Waals surface area contributed by atoms with Crippen LogP contribution >= 0.6 is 8.58 Å². The molecule has 5 rings (SSSR count). The fraction of sp³-hybridized carbons (Fsp3) is 0.576. The van der Waals surface area contributed by atoms with Gasteiger partial charge in [0, 0.05) is 23.8 Å². The molecular formula is C33H48N3O5P. The second-order valence-electron chi connectivity index (χ2n) is 11.3. The maximum absolute atomic E-state index is 6.32. The molecule has 6 unspecified atom stereocenters. The van der Waals surface area contributed by atoms with Crippen molar-refractivity contribution < 1.29 is 23.7 Å². The van der Waals surface area contributed by atoms with Crippen LogP contribution in [0.5, 0.6) is 0 Å². The molecule has 0 saturated carbocycles. The van der Waals surface area contributed by atoms with Crippen molar-refractivity contribution in [2.45, 2.75) is 37.0 Å². The molecule has 230 valence electrons. The number of benzene rings is 2. The van der Waals surface area contributed by atoms with Gasteiger partial charge in [0.05, 0.1) is 78.4 Å². The average molecular weight is 598 g/mol. The topological polar surface area (TPSA) is 73.5 Å². The Hall–Kier alpha value is -1.71. The number of nitrogens with one attached hydrogen (secondary N) is 2. The highest BCUT2D eigenvalue weighted by Gasteiger charge is 2.52. The van der Waals surface area contributed by atoms with E-state index in [0.717, 1.165) is 28.2 Å². The third kappa shape index (κ3) is 8.69. The fourth-order valence-corrected chi connectivity index (χ4v) is 8.17. The molecule has 3 aliphatic heterocycles. The lowest BCUT2D eigenvalue weighted by atomic mass is 9.80. The standard InChI is InChI=1S/C33H48N3O5P/c1-2-14-37-15-16-38-17-18-39-19-20-40-21-22-41-26-33-13-23-42-32-29(24-33)36(31(35-32)28-11-7-4-8-12-28)30(34-25-33)27-9-5-3-6-10-27/h2-12,29-32,34-35,42H,1,13-26H2. The van der Waals surface area contributed by atoms with Gasteiger partial charge in [0.25, 0.3) is 0 Å². The van der Waals surface area contributed by atoms with Crippen molar-refractivity contribution in [1.29, 1.82) is 0 Å². The molecule has 9 heteroatoms. The van der Waals surface area contributed by atoms with Gasteiger partial charge in [-0.2, -0.15) is 0 Å². The predicted molar refractivity (Wildman–Crippen MR) is 168 cm³/mol. The van der Waals surface area contributed by atoms with Gasteiger partial charge in [-0.3, -0.25) is 15.5 Å². The van der Waals surface area contributed by atoms with Gasteiger partial charge < -0.3 is 23.7 Å². The summed E-state index contributed by atoms with van der Waals surface area (Å²) < 4.78 is 28.4. The van der Waals surface area contributed by atoms with Gasteiger partial charge in [0.15, 0.2) is 0 Å². The third-order valence-electron chi connectivity index (χ3n) is 8.40. The van der Waals surface area contributed by atoms with Gasteiger partial charge in [-0.1, -0.05) is 66.7 Å². The van der Waals surface area contributed by atoms with Crippen molar-refractivity contribution >= 4 is 8.58 Å². The highest BCUT2D eigenvalue weighted by Crippen LogP contribution is 2.51. The molecule has 0 aliphatic carbocycles. The summed E-state index contributed by atoms with van der Waals surface area (Å²) in [5.41, 5.74) is 2.77. The number of nitrogens with zero attached hydrogens (tertiary/aromatic N) is 1. The summed E-state index contributed by atoms with van der Waals surface area (Å²) in [6, 6.07) is 22.3. The van der Waals surface area contributed by atoms with Crippen LogP contribution in [0, 0.1) is 5.41 Å². The van der Waals surface area contributed by atoms with Crippen LogP contribution in [-0.4, -0.2) is 95.5 Å². The van der Waals surface area contributed by atoms with Gasteiger partial charge in [-0.05, 0) is 30.1 Å². The SMILES string of the molecule is C=CCOCCOCCOCCOCCOCC12CCPC3NC(c4ccccc4)N(C(c4ccccc4)NC1)C3C2. The van der Waals surface area contributed by atoms with Crippen LogP contribution in [0.15, 0.2) is 73.3 Å². The van der Waals surface area contributed by atoms with Crippen LogP contribution in [0.2, 0.25) is 0 Å². The van der Waals surface area contributed by atoms with Crippen molar-refractivity contribution in [1.82, 2.24) is 15.5 Å². The van der Waals surface area contributed by atoms with E-state index in [2.05, 4.69) is 82.8 Å². The third-order valence-corrected chi connectivity index (χ3v) is 9.93. The van der Waals surface area contributed by atoms with E-state index in [0.29, 0.717) is 71.3 Å². The summed E-state index contributed by atoms with van der Waals surface area (Å²) in [4.78, 5) is 2.72. The summed E-state index contributed by atoms with van der Waals surface area (Å²) in [7, 11) is 0.907. The molecule has 3 fully saturated rings. The maximum atomic E-state index is 6.32. The fourth-order valence-electron chi connectivity index (χ4n) is 6.35. The van der Waals surface area contributed by atoms with E-state index in [-0.39, 0.29) is 17.7 Å². The molecule has 0 radical (unpaired) electrons. The molecule has 2 aromatic carbocycles. The molecule has 0 aromatic heterocycles. The Morgan fingerprint density at radius 1 is 0.786 bits per heavy atom. The lowest BCUT2D eigenvalue weighted by Gasteiger charge is -2.36. The molecule has 2 bridgehead atoms. The molecule has 3 aliphatic rings. The minimum Gasteiger partial charge on any atom is -0.378 e. The van der Waals surface area contributed by atoms with Crippen molar-refractivity contribution in [3.63, 3.8) is 0 Å². The van der Waals surface area contributed by atoms with Gasteiger partial charge >= 0.3 is 0 Å². The first-order valence-electron chi connectivity index (χ1n) is 15.4. The zero-order chi connectivity index (χ0) is 28.9.